The van der Waals surface area contributed by atoms with Crippen LogP contribution < -0.4 is 0 Å². The second kappa shape index (κ2) is 12.2. The smallest absolute Gasteiger partial charge is 0.186 e. The number of carbonyl (C=O) groups is 1. The van der Waals surface area contributed by atoms with Gasteiger partial charge < -0.3 is 59.8 Å². The zero-order valence-corrected chi connectivity index (χ0v) is 22.1. The van der Waals surface area contributed by atoms with Crippen molar-refractivity contribution in [2.75, 3.05) is 13.2 Å². The minimum Gasteiger partial charge on any atom is -0.394 e. The first-order valence-electron chi connectivity index (χ1n) is 12.8. The van der Waals surface area contributed by atoms with Gasteiger partial charge in [0.25, 0.3) is 0 Å². The largest absolute Gasteiger partial charge is 0.394 e. The normalized spacial score (nSPS) is 44.5. The molecule has 2 aliphatic heterocycles. The van der Waals surface area contributed by atoms with Crippen LogP contribution in [-0.2, 0) is 23.7 Å². The lowest BCUT2D eigenvalue weighted by molar-refractivity contribution is -0.335. The zero-order valence-electron chi connectivity index (χ0n) is 22.1. The van der Waals surface area contributed by atoms with E-state index in [0.29, 0.717) is 12.0 Å². The maximum absolute atomic E-state index is 12.0. The lowest BCUT2D eigenvalue weighted by Crippen LogP contribution is -2.62. The Kier molecular flexibility index (Phi) is 10.1. The average Bonchev–Trinajstić information content (AvgIpc) is 2.85. The number of rotatable bonds is 9. The predicted octanol–water partition coefficient (Wildman–Crippen LogP) is -2.53. The third-order valence-corrected chi connectivity index (χ3v) is 7.99. The summed E-state index contributed by atoms with van der Waals surface area (Å²) in [5.41, 5.74) is -1.39. The fraction of sp³-hybridized carbons (Fsp3) is 0.880. The first kappa shape index (κ1) is 31.5. The Morgan fingerprint density at radius 2 is 1.50 bits per heavy atom. The topological polar surface area (TPSA) is 216 Å². The van der Waals surface area contributed by atoms with Crippen LogP contribution in [0.4, 0.5) is 0 Å². The molecule has 0 spiro atoms. The van der Waals surface area contributed by atoms with E-state index in [9.17, 15) is 45.6 Å². The summed E-state index contributed by atoms with van der Waals surface area (Å²) in [4.78, 5) is 12.0. The number of hydrogen-bond acceptors (Lipinski definition) is 13. The summed E-state index contributed by atoms with van der Waals surface area (Å²) < 4.78 is 22.1. The maximum Gasteiger partial charge on any atom is 0.186 e. The standard InChI is InChI=1S/C25H42O13/c1-11-7-13(27)8-24(3,4)25(11,34)6-5-12(2)36-23-21(33)19(31)17(29)15(38-23)10-35-22-20(32)18(30)16(28)14(9-26)37-22/h7,12,14-23,26,28-34H,5-6,8-10H2,1-4H3/t12-,14-,15-,16-,17-,18+,19+,20-,21-,22-,23-,25+/m0/s1. The molecule has 0 unspecified atom stereocenters. The Hall–Kier alpha value is -1.07. The molecule has 3 aliphatic rings. The summed E-state index contributed by atoms with van der Waals surface area (Å²) in [5.74, 6) is -0.0512. The van der Waals surface area contributed by atoms with Gasteiger partial charge in [-0.15, -0.1) is 0 Å². The van der Waals surface area contributed by atoms with Gasteiger partial charge in [0.05, 0.1) is 24.9 Å². The molecule has 13 heteroatoms. The fourth-order valence-electron chi connectivity index (χ4n) is 5.33. The second-order valence-electron chi connectivity index (χ2n) is 11.2. The van der Waals surface area contributed by atoms with Crippen LogP contribution in [0.1, 0.15) is 47.0 Å². The van der Waals surface area contributed by atoms with Gasteiger partial charge in [-0.05, 0) is 38.3 Å². The van der Waals surface area contributed by atoms with Crippen molar-refractivity contribution in [1.29, 1.82) is 0 Å². The summed E-state index contributed by atoms with van der Waals surface area (Å²) >= 11 is 0. The number of allylic oxidation sites excluding steroid dienone is 1. The average molecular weight is 551 g/mol. The molecular formula is C25H42O13. The molecule has 0 aromatic rings. The van der Waals surface area contributed by atoms with E-state index >= 15 is 0 Å². The summed E-state index contributed by atoms with van der Waals surface area (Å²) in [6.07, 6.45) is -13.4. The van der Waals surface area contributed by atoms with Gasteiger partial charge in [-0.3, -0.25) is 4.79 Å². The molecule has 2 saturated heterocycles. The Bertz CT molecular complexity index is 847. The van der Waals surface area contributed by atoms with E-state index in [-0.39, 0.29) is 18.6 Å². The zero-order chi connectivity index (χ0) is 28.6. The third kappa shape index (κ3) is 6.29. The molecule has 2 fully saturated rings. The minimum atomic E-state index is -1.67. The summed E-state index contributed by atoms with van der Waals surface area (Å²) in [6, 6.07) is 0. The molecule has 13 nitrogen and oxygen atoms in total. The van der Waals surface area contributed by atoms with Gasteiger partial charge in [-0.25, -0.2) is 0 Å². The Morgan fingerprint density at radius 1 is 0.947 bits per heavy atom. The van der Waals surface area contributed by atoms with Crippen molar-refractivity contribution in [3.63, 3.8) is 0 Å². The van der Waals surface area contributed by atoms with Gasteiger partial charge >= 0.3 is 0 Å². The van der Waals surface area contributed by atoms with E-state index < -0.39 is 91.7 Å². The summed E-state index contributed by atoms with van der Waals surface area (Å²) in [6.45, 7) is 5.92. The third-order valence-electron chi connectivity index (χ3n) is 7.99. The van der Waals surface area contributed by atoms with Crippen LogP contribution in [0.15, 0.2) is 11.6 Å². The van der Waals surface area contributed by atoms with Crippen LogP contribution in [0, 0.1) is 5.41 Å². The van der Waals surface area contributed by atoms with Gasteiger partial charge in [0.2, 0.25) is 0 Å². The highest BCUT2D eigenvalue weighted by Gasteiger charge is 2.50. The molecule has 220 valence electrons. The van der Waals surface area contributed by atoms with E-state index in [4.69, 9.17) is 18.9 Å². The number of carbonyl (C=O) groups excluding carboxylic acids is 1. The first-order valence-corrected chi connectivity index (χ1v) is 12.8. The molecule has 12 atom stereocenters. The summed E-state index contributed by atoms with van der Waals surface area (Å²) in [5, 5.41) is 81.8. The monoisotopic (exact) mass is 550 g/mol. The number of aliphatic hydroxyl groups is 8. The van der Waals surface area contributed by atoms with Crippen molar-refractivity contribution >= 4 is 5.78 Å². The van der Waals surface area contributed by atoms with E-state index in [1.807, 2.05) is 13.8 Å². The van der Waals surface area contributed by atoms with Crippen LogP contribution in [-0.4, -0.2) is 133 Å². The molecule has 0 radical (unpaired) electrons. The van der Waals surface area contributed by atoms with Crippen LogP contribution in [0.25, 0.3) is 0 Å². The van der Waals surface area contributed by atoms with Crippen LogP contribution in [0.5, 0.6) is 0 Å². The summed E-state index contributed by atoms with van der Waals surface area (Å²) in [7, 11) is 0. The van der Waals surface area contributed by atoms with E-state index in [0.717, 1.165) is 0 Å². The number of hydrogen-bond donors (Lipinski definition) is 8. The number of ether oxygens (including phenoxy) is 4. The van der Waals surface area contributed by atoms with Gasteiger partial charge in [0.1, 0.15) is 48.8 Å². The van der Waals surface area contributed by atoms with E-state index in [2.05, 4.69) is 0 Å². The first-order chi connectivity index (χ1) is 17.6. The predicted molar refractivity (Wildman–Crippen MR) is 128 cm³/mol. The van der Waals surface area contributed by atoms with Gasteiger partial charge in [-0.1, -0.05) is 13.8 Å². The molecule has 0 amide bonds. The molecule has 8 N–H and O–H groups in total. The highest BCUT2D eigenvalue weighted by Crippen LogP contribution is 2.46. The van der Waals surface area contributed by atoms with E-state index in [1.165, 1.54) is 6.08 Å². The highest BCUT2D eigenvalue weighted by atomic mass is 16.7. The molecule has 38 heavy (non-hydrogen) atoms. The van der Waals surface area contributed by atoms with Gasteiger partial charge in [0, 0.05) is 11.8 Å². The van der Waals surface area contributed by atoms with Crippen molar-refractivity contribution in [2.24, 2.45) is 5.41 Å². The Labute approximate surface area is 221 Å². The van der Waals surface area contributed by atoms with Crippen molar-refractivity contribution in [3.05, 3.63) is 11.6 Å². The molecule has 0 aromatic carbocycles. The van der Waals surface area contributed by atoms with E-state index in [1.54, 1.807) is 13.8 Å². The SMILES string of the molecule is CC1=CC(=O)CC(C)(C)[C@@]1(O)CC[C@H](C)O[C@H]1O[C@@H](CO[C@H]2O[C@@H](CO)[C@H](O)[C@@H](O)[C@@H]2O)[C@H](O)[C@@H](O)[C@@H]1O. The van der Waals surface area contributed by atoms with Gasteiger partial charge in [-0.2, -0.15) is 0 Å². The molecule has 0 bridgehead atoms. The molecule has 3 rings (SSSR count). The quantitative estimate of drug-likeness (QED) is 0.149. The van der Waals surface area contributed by atoms with Crippen LogP contribution >= 0.6 is 0 Å². The van der Waals surface area contributed by atoms with Crippen LogP contribution in [0.2, 0.25) is 0 Å². The van der Waals surface area contributed by atoms with Crippen molar-refractivity contribution in [2.45, 2.75) is 120 Å². The number of aliphatic hydroxyl groups excluding tert-OH is 7. The molecule has 0 aromatic heterocycles. The molecule has 2 heterocycles. The highest BCUT2D eigenvalue weighted by molar-refractivity contribution is 5.92. The molecular weight excluding hydrogens is 508 g/mol. The number of ketones is 1. The Balaban J connectivity index is 1.60. The van der Waals surface area contributed by atoms with Crippen molar-refractivity contribution in [3.8, 4) is 0 Å². The second-order valence-corrected chi connectivity index (χ2v) is 11.2. The lowest BCUT2D eigenvalue weighted by Gasteiger charge is -2.46. The Morgan fingerprint density at radius 3 is 2.08 bits per heavy atom. The maximum atomic E-state index is 12.0. The van der Waals surface area contributed by atoms with Gasteiger partial charge in [0.15, 0.2) is 18.4 Å². The molecule has 0 saturated carbocycles. The fourth-order valence-corrected chi connectivity index (χ4v) is 5.33. The molecule has 1 aliphatic carbocycles. The minimum absolute atomic E-state index is 0.0512. The lowest BCUT2D eigenvalue weighted by atomic mass is 9.63. The van der Waals surface area contributed by atoms with Crippen molar-refractivity contribution in [1.82, 2.24) is 0 Å². The van der Waals surface area contributed by atoms with Crippen LogP contribution in [0.3, 0.4) is 0 Å². The van der Waals surface area contributed by atoms with Crippen molar-refractivity contribution < 1.29 is 64.6 Å².